The van der Waals surface area contributed by atoms with Crippen molar-refractivity contribution in [2.75, 3.05) is 6.61 Å². The standard InChI is InChI=1S/C25H20BrF3N6O4/c1-11-32-25(35(33-11)18-6-15(26)3-2-12(18)7-30)24-23(38)21(22(37)19(10-36)39-24)34-9-14(8-31-34)13-4-16(27)20(29)17(28)5-13/h2-6,8-9,19,21-24,36-38H,10H2,1H3/t19?,21?,22-,23-,24+/m0/s1. The second-order valence-corrected chi connectivity index (χ2v) is 9.83. The van der Waals surface area contributed by atoms with Crippen LogP contribution in [0.25, 0.3) is 16.8 Å². The van der Waals surface area contributed by atoms with Gasteiger partial charge in [-0.15, -0.1) is 0 Å². The smallest absolute Gasteiger partial charge is 0.194 e. The van der Waals surface area contributed by atoms with Crippen LogP contribution in [0.15, 0.2) is 47.2 Å². The highest BCUT2D eigenvalue weighted by atomic mass is 79.9. The quantitative estimate of drug-likeness (QED) is 0.295. The number of nitriles is 1. The van der Waals surface area contributed by atoms with E-state index in [2.05, 4.69) is 37.2 Å². The maximum atomic E-state index is 13.8. The summed E-state index contributed by atoms with van der Waals surface area (Å²) >= 11 is 3.37. The number of aliphatic hydroxyl groups is 3. The maximum Gasteiger partial charge on any atom is 0.194 e. The van der Waals surface area contributed by atoms with Crippen molar-refractivity contribution in [3.63, 3.8) is 0 Å². The first-order valence-corrected chi connectivity index (χ1v) is 12.4. The fraction of sp³-hybridized carbons (Fsp3) is 0.280. The Morgan fingerprint density at radius 3 is 2.49 bits per heavy atom. The zero-order chi connectivity index (χ0) is 28.0. The van der Waals surface area contributed by atoms with E-state index in [4.69, 9.17) is 4.74 Å². The minimum atomic E-state index is -1.61. The Morgan fingerprint density at radius 2 is 1.82 bits per heavy atom. The number of rotatable bonds is 5. The zero-order valence-corrected chi connectivity index (χ0v) is 21.7. The topological polar surface area (TPSA) is 142 Å². The summed E-state index contributed by atoms with van der Waals surface area (Å²) < 4.78 is 50.1. The Labute approximate surface area is 227 Å². The molecule has 0 radical (unpaired) electrons. The van der Waals surface area contributed by atoms with E-state index >= 15 is 0 Å². The van der Waals surface area contributed by atoms with Crippen molar-refractivity contribution >= 4 is 15.9 Å². The molecule has 5 rings (SSSR count). The van der Waals surface area contributed by atoms with Crippen molar-refractivity contribution in [3.8, 4) is 22.9 Å². The normalized spacial score (nSPS) is 23.1. The van der Waals surface area contributed by atoms with Crippen molar-refractivity contribution in [2.24, 2.45) is 0 Å². The van der Waals surface area contributed by atoms with E-state index in [0.717, 1.165) is 12.1 Å². The second kappa shape index (κ2) is 10.5. The second-order valence-electron chi connectivity index (χ2n) is 8.91. The van der Waals surface area contributed by atoms with Crippen LogP contribution < -0.4 is 0 Å². The highest BCUT2D eigenvalue weighted by molar-refractivity contribution is 9.10. The summed E-state index contributed by atoms with van der Waals surface area (Å²) in [5, 5.41) is 50.5. The van der Waals surface area contributed by atoms with E-state index in [0.29, 0.717) is 16.0 Å². The first-order chi connectivity index (χ1) is 18.6. The summed E-state index contributed by atoms with van der Waals surface area (Å²) in [6.07, 6.45) is -2.88. The van der Waals surface area contributed by atoms with Gasteiger partial charge in [0.05, 0.1) is 24.1 Å². The summed E-state index contributed by atoms with van der Waals surface area (Å²) in [6.45, 7) is 0.979. The molecular formula is C25H20BrF3N6O4. The zero-order valence-electron chi connectivity index (χ0n) is 20.1. The largest absolute Gasteiger partial charge is 0.394 e. The number of aromatic nitrogens is 5. The van der Waals surface area contributed by atoms with Gasteiger partial charge in [0, 0.05) is 16.2 Å². The fourth-order valence-corrected chi connectivity index (χ4v) is 4.92. The van der Waals surface area contributed by atoms with Gasteiger partial charge in [0.2, 0.25) is 0 Å². The van der Waals surface area contributed by atoms with Crippen molar-refractivity contribution in [2.45, 2.75) is 37.4 Å². The van der Waals surface area contributed by atoms with Crippen molar-refractivity contribution in [1.29, 1.82) is 5.26 Å². The molecule has 3 N–H and O–H groups in total. The van der Waals surface area contributed by atoms with Gasteiger partial charge in [-0.3, -0.25) is 4.68 Å². The van der Waals surface area contributed by atoms with E-state index in [-0.39, 0.29) is 22.5 Å². The van der Waals surface area contributed by atoms with Gasteiger partial charge in [-0.1, -0.05) is 15.9 Å². The molecule has 202 valence electrons. The first kappa shape index (κ1) is 27.0. The van der Waals surface area contributed by atoms with Crippen molar-refractivity contribution in [1.82, 2.24) is 24.5 Å². The predicted octanol–water partition coefficient (Wildman–Crippen LogP) is 2.89. The van der Waals surface area contributed by atoms with Crippen LogP contribution in [0.4, 0.5) is 13.2 Å². The summed E-state index contributed by atoms with van der Waals surface area (Å²) in [5.74, 6) is -3.99. The molecule has 10 nitrogen and oxygen atoms in total. The lowest BCUT2D eigenvalue weighted by Crippen LogP contribution is -2.53. The number of hydrogen-bond acceptors (Lipinski definition) is 8. The molecule has 1 aliphatic heterocycles. The van der Waals surface area contributed by atoms with Crippen molar-refractivity contribution in [3.05, 3.63) is 81.9 Å². The molecule has 0 spiro atoms. The number of nitrogens with zero attached hydrogens (tertiary/aromatic N) is 6. The third-order valence-electron chi connectivity index (χ3n) is 6.42. The van der Waals surface area contributed by atoms with Crippen LogP contribution >= 0.6 is 15.9 Å². The van der Waals surface area contributed by atoms with Gasteiger partial charge in [-0.25, -0.2) is 22.8 Å². The van der Waals surface area contributed by atoms with Crippen LogP contribution in [0.5, 0.6) is 0 Å². The molecule has 1 aliphatic rings. The molecule has 2 aromatic heterocycles. The number of aliphatic hydroxyl groups excluding tert-OH is 3. The van der Waals surface area contributed by atoms with Crippen LogP contribution in [0.1, 0.15) is 29.4 Å². The lowest BCUT2D eigenvalue weighted by molar-refractivity contribution is -0.210. The van der Waals surface area contributed by atoms with E-state index < -0.39 is 54.5 Å². The molecule has 3 heterocycles. The summed E-state index contributed by atoms with van der Waals surface area (Å²) in [4.78, 5) is 4.40. The average Bonchev–Trinajstić information content (AvgIpc) is 3.54. The molecule has 2 aromatic carbocycles. The van der Waals surface area contributed by atoms with Gasteiger partial charge in [0.25, 0.3) is 0 Å². The Balaban J connectivity index is 1.57. The molecule has 0 bridgehead atoms. The number of hydrogen-bond donors (Lipinski definition) is 3. The SMILES string of the molecule is Cc1nc([C@@H]2OC(CO)[C@H](O)C(n3cc(-c4cc(F)c(F)c(F)c4)cn3)[C@@H]2O)n(-c2cc(Br)ccc2C#N)n1. The first-order valence-electron chi connectivity index (χ1n) is 11.6. The molecule has 0 saturated carbocycles. The van der Waals surface area contributed by atoms with Crippen molar-refractivity contribution < 1.29 is 33.2 Å². The Bertz CT molecular complexity index is 1570. The molecule has 0 aliphatic carbocycles. The van der Waals surface area contributed by atoms with Crippen LogP contribution in [-0.2, 0) is 4.74 Å². The molecule has 4 aromatic rings. The summed E-state index contributed by atoms with van der Waals surface area (Å²) in [6, 6.07) is 7.36. The Kier molecular flexibility index (Phi) is 7.27. The highest BCUT2D eigenvalue weighted by Crippen LogP contribution is 2.39. The van der Waals surface area contributed by atoms with Gasteiger partial charge in [-0.2, -0.15) is 15.5 Å². The van der Waals surface area contributed by atoms with Gasteiger partial charge in [0.15, 0.2) is 23.3 Å². The number of benzene rings is 2. The summed E-state index contributed by atoms with van der Waals surface area (Å²) in [5.41, 5.74) is 0.782. The molecular weight excluding hydrogens is 585 g/mol. The summed E-state index contributed by atoms with van der Waals surface area (Å²) in [7, 11) is 0. The maximum absolute atomic E-state index is 13.8. The predicted molar refractivity (Wildman–Crippen MR) is 132 cm³/mol. The molecule has 5 atom stereocenters. The number of halogens is 4. The number of ether oxygens (including phenoxy) is 1. The van der Waals surface area contributed by atoms with Gasteiger partial charge >= 0.3 is 0 Å². The number of aryl methyl sites for hydroxylation is 1. The minimum Gasteiger partial charge on any atom is -0.394 e. The van der Waals surface area contributed by atoms with E-state index in [9.17, 15) is 33.8 Å². The molecule has 39 heavy (non-hydrogen) atoms. The van der Waals surface area contributed by atoms with Gasteiger partial charge in [0.1, 0.15) is 42.4 Å². The lowest BCUT2D eigenvalue weighted by Gasteiger charge is -2.41. The monoisotopic (exact) mass is 604 g/mol. The average molecular weight is 605 g/mol. The van der Waals surface area contributed by atoms with E-state index in [1.54, 1.807) is 25.1 Å². The third-order valence-corrected chi connectivity index (χ3v) is 6.91. The van der Waals surface area contributed by atoms with Gasteiger partial charge in [-0.05, 0) is 42.8 Å². The van der Waals surface area contributed by atoms with Crippen LogP contribution in [0.3, 0.4) is 0 Å². The fourth-order valence-electron chi connectivity index (χ4n) is 4.57. The van der Waals surface area contributed by atoms with Crippen LogP contribution in [-0.4, -0.2) is 64.8 Å². The molecule has 1 saturated heterocycles. The van der Waals surface area contributed by atoms with Crippen LogP contribution in [0.2, 0.25) is 0 Å². The molecule has 14 heteroatoms. The lowest BCUT2D eigenvalue weighted by atomic mass is 9.92. The minimum absolute atomic E-state index is 0.0157. The third kappa shape index (κ3) is 4.83. The Morgan fingerprint density at radius 1 is 1.10 bits per heavy atom. The van der Waals surface area contributed by atoms with E-state index in [1.165, 1.54) is 21.8 Å². The highest BCUT2D eigenvalue weighted by Gasteiger charge is 2.48. The molecule has 0 amide bonds. The molecule has 2 unspecified atom stereocenters. The van der Waals surface area contributed by atoms with Crippen LogP contribution in [0, 0.1) is 35.7 Å². The van der Waals surface area contributed by atoms with E-state index in [1.807, 2.05) is 0 Å². The Hall–Kier alpha value is -3.61. The van der Waals surface area contributed by atoms with Gasteiger partial charge < -0.3 is 20.1 Å². The molecule has 1 fully saturated rings.